The summed E-state index contributed by atoms with van der Waals surface area (Å²) in [6.07, 6.45) is 1.70. The molecule has 0 atom stereocenters. The normalized spacial score (nSPS) is 11.6. The molecule has 2 heteroatoms. The van der Waals surface area contributed by atoms with Crippen LogP contribution >= 0.6 is 0 Å². The van der Waals surface area contributed by atoms with Gasteiger partial charge in [-0.15, -0.1) is 0 Å². The van der Waals surface area contributed by atoms with Gasteiger partial charge in [0, 0.05) is 6.61 Å². The summed E-state index contributed by atoms with van der Waals surface area (Å²) < 4.78 is 5.84. The minimum Gasteiger partial charge on any atom is -0.493 e. The smallest absolute Gasteiger partial charge is 0.123 e. The van der Waals surface area contributed by atoms with Crippen LogP contribution in [0.25, 0.3) is 0 Å². The van der Waals surface area contributed by atoms with Crippen molar-refractivity contribution in [1.29, 1.82) is 0 Å². The van der Waals surface area contributed by atoms with Gasteiger partial charge in [0.25, 0.3) is 0 Å². The van der Waals surface area contributed by atoms with Crippen LogP contribution in [0.15, 0.2) is 18.2 Å². The first-order valence-electron chi connectivity index (χ1n) is 6.30. The SMILES string of the molecule is Cc1ccc(C(C)(C)C)c(OCCCCO)c1. The largest absolute Gasteiger partial charge is 0.493 e. The highest BCUT2D eigenvalue weighted by Crippen LogP contribution is 2.32. The van der Waals surface area contributed by atoms with Crippen molar-refractivity contribution in [3.05, 3.63) is 29.3 Å². The first-order valence-corrected chi connectivity index (χ1v) is 6.30. The third-order valence-corrected chi connectivity index (χ3v) is 2.76. The molecule has 96 valence electrons. The van der Waals surface area contributed by atoms with Crippen molar-refractivity contribution in [2.45, 2.75) is 46.0 Å². The van der Waals surface area contributed by atoms with Gasteiger partial charge in [-0.25, -0.2) is 0 Å². The summed E-state index contributed by atoms with van der Waals surface area (Å²) in [6.45, 7) is 9.57. The van der Waals surface area contributed by atoms with Crippen molar-refractivity contribution >= 4 is 0 Å². The van der Waals surface area contributed by atoms with Gasteiger partial charge in [-0.1, -0.05) is 32.9 Å². The van der Waals surface area contributed by atoms with Crippen molar-refractivity contribution in [1.82, 2.24) is 0 Å². The van der Waals surface area contributed by atoms with Crippen LogP contribution < -0.4 is 4.74 Å². The summed E-state index contributed by atoms with van der Waals surface area (Å²) in [6, 6.07) is 6.37. The van der Waals surface area contributed by atoms with E-state index in [9.17, 15) is 0 Å². The topological polar surface area (TPSA) is 29.5 Å². The second kappa shape index (κ2) is 6.06. The summed E-state index contributed by atoms with van der Waals surface area (Å²) in [5, 5.41) is 8.74. The molecule has 0 saturated heterocycles. The predicted octanol–water partition coefficient (Wildman–Crippen LogP) is 3.44. The van der Waals surface area contributed by atoms with E-state index in [0.717, 1.165) is 18.6 Å². The molecular formula is C15H24O2. The van der Waals surface area contributed by atoms with E-state index in [4.69, 9.17) is 9.84 Å². The number of aliphatic hydroxyl groups is 1. The second-order valence-electron chi connectivity index (χ2n) is 5.53. The zero-order valence-corrected chi connectivity index (χ0v) is 11.4. The molecular weight excluding hydrogens is 212 g/mol. The maximum Gasteiger partial charge on any atom is 0.123 e. The molecule has 1 N–H and O–H groups in total. The standard InChI is InChI=1S/C15H24O2/c1-12-7-8-13(15(2,3)4)14(11-12)17-10-6-5-9-16/h7-8,11,16H,5-6,9-10H2,1-4H3. The lowest BCUT2D eigenvalue weighted by Crippen LogP contribution is -2.14. The number of hydrogen-bond donors (Lipinski definition) is 1. The molecule has 2 nitrogen and oxygen atoms in total. The molecule has 0 bridgehead atoms. The van der Waals surface area contributed by atoms with Crippen LogP contribution in [0.5, 0.6) is 5.75 Å². The molecule has 0 aliphatic rings. The van der Waals surface area contributed by atoms with Gasteiger partial charge < -0.3 is 9.84 Å². The maximum atomic E-state index is 8.74. The van der Waals surface area contributed by atoms with E-state index < -0.39 is 0 Å². The summed E-state index contributed by atoms with van der Waals surface area (Å²) in [4.78, 5) is 0. The van der Waals surface area contributed by atoms with Crippen molar-refractivity contribution in [2.24, 2.45) is 0 Å². The highest BCUT2D eigenvalue weighted by molar-refractivity contribution is 5.41. The summed E-state index contributed by atoms with van der Waals surface area (Å²) >= 11 is 0. The lowest BCUT2D eigenvalue weighted by Gasteiger charge is -2.23. The predicted molar refractivity (Wildman–Crippen MR) is 71.7 cm³/mol. The van der Waals surface area contributed by atoms with Gasteiger partial charge in [-0.3, -0.25) is 0 Å². The number of hydrogen-bond acceptors (Lipinski definition) is 2. The highest BCUT2D eigenvalue weighted by Gasteiger charge is 2.18. The van der Waals surface area contributed by atoms with E-state index in [1.165, 1.54) is 11.1 Å². The molecule has 0 aromatic heterocycles. The Labute approximate surface area is 105 Å². The molecule has 1 rings (SSSR count). The Hall–Kier alpha value is -1.02. The van der Waals surface area contributed by atoms with Crippen LogP contribution in [-0.2, 0) is 5.41 Å². The molecule has 17 heavy (non-hydrogen) atoms. The first-order chi connectivity index (χ1) is 7.95. The lowest BCUT2D eigenvalue weighted by molar-refractivity contribution is 0.250. The zero-order valence-electron chi connectivity index (χ0n) is 11.4. The lowest BCUT2D eigenvalue weighted by atomic mass is 9.86. The molecule has 0 amide bonds. The van der Waals surface area contributed by atoms with Crippen molar-refractivity contribution < 1.29 is 9.84 Å². The number of ether oxygens (including phenoxy) is 1. The Bertz CT molecular complexity index is 350. The van der Waals surface area contributed by atoms with E-state index in [1.807, 2.05) is 0 Å². The molecule has 0 aliphatic carbocycles. The van der Waals surface area contributed by atoms with Crippen LogP contribution in [0, 0.1) is 6.92 Å². The first kappa shape index (κ1) is 14.0. The molecule has 0 unspecified atom stereocenters. The molecule has 0 radical (unpaired) electrons. The Morgan fingerprint density at radius 1 is 1.18 bits per heavy atom. The number of benzene rings is 1. The highest BCUT2D eigenvalue weighted by atomic mass is 16.5. The summed E-state index contributed by atoms with van der Waals surface area (Å²) in [5.41, 5.74) is 2.56. The number of rotatable bonds is 5. The average Bonchev–Trinajstić information content (AvgIpc) is 2.23. The zero-order chi connectivity index (χ0) is 12.9. The molecule has 0 spiro atoms. The Kier molecular flexibility index (Phi) is 5.01. The minimum absolute atomic E-state index is 0.0972. The Morgan fingerprint density at radius 3 is 2.47 bits per heavy atom. The van der Waals surface area contributed by atoms with Crippen molar-refractivity contribution in [3.8, 4) is 5.75 Å². The number of aryl methyl sites for hydroxylation is 1. The van der Waals surface area contributed by atoms with Gasteiger partial charge in [0.2, 0.25) is 0 Å². The maximum absolute atomic E-state index is 8.74. The van der Waals surface area contributed by atoms with Crippen LogP contribution in [0.4, 0.5) is 0 Å². The number of unbranched alkanes of at least 4 members (excludes halogenated alkanes) is 1. The van der Waals surface area contributed by atoms with Crippen molar-refractivity contribution in [2.75, 3.05) is 13.2 Å². The van der Waals surface area contributed by atoms with E-state index in [0.29, 0.717) is 6.61 Å². The van der Waals surface area contributed by atoms with Crippen LogP contribution in [0.1, 0.15) is 44.7 Å². The number of aliphatic hydroxyl groups excluding tert-OH is 1. The van der Waals surface area contributed by atoms with Gasteiger partial charge in [-0.2, -0.15) is 0 Å². The molecule has 1 aromatic rings. The second-order valence-corrected chi connectivity index (χ2v) is 5.53. The third-order valence-electron chi connectivity index (χ3n) is 2.76. The molecule has 0 fully saturated rings. The molecule has 0 aliphatic heterocycles. The Morgan fingerprint density at radius 2 is 1.88 bits per heavy atom. The van der Waals surface area contributed by atoms with E-state index in [2.05, 4.69) is 45.9 Å². The molecule has 0 saturated carbocycles. The van der Waals surface area contributed by atoms with Crippen molar-refractivity contribution in [3.63, 3.8) is 0 Å². The van der Waals surface area contributed by atoms with Gasteiger partial charge >= 0.3 is 0 Å². The fourth-order valence-corrected chi connectivity index (χ4v) is 1.76. The average molecular weight is 236 g/mol. The molecule has 0 heterocycles. The quantitative estimate of drug-likeness (QED) is 0.793. The van der Waals surface area contributed by atoms with Gasteiger partial charge in [0.1, 0.15) is 5.75 Å². The van der Waals surface area contributed by atoms with Crippen LogP contribution in [0.2, 0.25) is 0 Å². The monoisotopic (exact) mass is 236 g/mol. The van der Waals surface area contributed by atoms with Gasteiger partial charge in [0.05, 0.1) is 6.61 Å². The fourth-order valence-electron chi connectivity index (χ4n) is 1.76. The fraction of sp³-hybridized carbons (Fsp3) is 0.600. The van der Waals surface area contributed by atoms with Crippen LogP contribution in [0.3, 0.4) is 0 Å². The summed E-state index contributed by atoms with van der Waals surface area (Å²) in [7, 11) is 0. The minimum atomic E-state index is 0.0972. The Balaban J connectivity index is 2.77. The van der Waals surface area contributed by atoms with Crippen LogP contribution in [-0.4, -0.2) is 18.3 Å². The van der Waals surface area contributed by atoms with E-state index >= 15 is 0 Å². The summed E-state index contributed by atoms with van der Waals surface area (Å²) in [5.74, 6) is 0.982. The van der Waals surface area contributed by atoms with E-state index in [1.54, 1.807) is 0 Å². The third kappa shape index (κ3) is 4.39. The molecule has 1 aromatic carbocycles. The van der Waals surface area contributed by atoms with E-state index in [-0.39, 0.29) is 12.0 Å². The van der Waals surface area contributed by atoms with Gasteiger partial charge in [0.15, 0.2) is 0 Å². The van der Waals surface area contributed by atoms with Gasteiger partial charge in [-0.05, 0) is 42.4 Å².